The minimum atomic E-state index is -0.707. The number of imidazole rings is 1. The van der Waals surface area contributed by atoms with Gasteiger partial charge < -0.3 is 14.0 Å². The summed E-state index contributed by atoms with van der Waals surface area (Å²) in [5, 5.41) is 0.283. The number of fused-ring (bicyclic) bond motifs is 1. The molecule has 3 aromatic carbocycles. The molecule has 0 fully saturated rings. The molecule has 0 saturated carbocycles. The van der Waals surface area contributed by atoms with E-state index in [2.05, 4.69) is 9.97 Å². The first-order valence-electron chi connectivity index (χ1n) is 11.9. The van der Waals surface area contributed by atoms with Gasteiger partial charge in [-0.3, -0.25) is 0 Å². The van der Waals surface area contributed by atoms with Crippen molar-refractivity contribution in [3.05, 3.63) is 112 Å². The topological polar surface area (TPSA) is 49.2 Å². The van der Waals surface area contributed by atoms with Crippen molar-refractivity contribution >= 4 is 22.6 Å². The van der Waals surface area contributed by atoms with E-state index < -0.39 is 17.5 Å². The monoisotopic (exact) mass is 537 g/mol. The van der Waals surface area contributed by atoms with Crippen molar-refractivity contribution in [2.45, 2.75) is 19.6 Å². The first-order valence-corrected chi connectivity index (χ1v) is 12.3. The lowest BCUT2D eigenvalue weighted by Crippen LogP contribution is -2.10. The number of hydrogen-bond donors (Lipinski definition) is 0. The fraction of sp³-hybridized carbons (Fsp3) is 0.172. The van der Waals surface area contributed by atoms with Crippen LogP contribution in [-0.4, -0.2) is 28.3 Å². The van der Waals surface area contributed by atoms with E-state index in [-0.39, 0.29) is 35.1 Å². The Morgan fingerprint density at radius 1 is 0.868 bits per heavy atom. The van der Waals surface area contributed by atoms with Gasteiger partial charge in [0.25, 0.3) is 0 Å². The molecule has 2 aromatic heterocycles. The summed E-state index contributed by atoms with van der Waals surface area (Å²) in [6, 6.07) is 19.2. The zero-order valence-corrected chi connectivity index (χ0v) is 21.2. The lowest BCUT2D eigenvalue weighted by atomic mass is 10.0. The molecule has 0 unspecified atom stereocenters. The van der Waals surface area contributed by atoms with Crippen LogP contribution in [0.4, 0.5) is 13.2 Å². The van der Waals surface area contributed by atoms with Crippen molar-refractivity contribution in [1.82, 2.24) is 14.5 Å². The van der Waals surface area contributed by atoms with Crippen LogP contribution < -0.4 is 4.74 Å². The number of pyridine rings is 1. The molecule has 0 aliphatic heterocycles. The van der Waals surface area contributed by atoms with Gasteiger partial charge in [0.1, 0.15) is 29.9 Å². The summed E-state index contributed by atoms with van der Waals surface area (Å²) in [6.07, 6.45) is -0.0282. The number of nitrogens with zero attached hydrogens (tertiary/aromatic N) is 3. The molecule has 2 heterocycles. The average Bonchev–Trinajstić information content (AvgIpc) is 3.26. The number of ether oxygens (including phenoxy) is 2. The van der Waals surface area contributed by atoms with E-state index >= 15 is 8.78 Å². The fourth-order valence-corrected chi connectivity index (χ4v) is 4.38. The van der Waals surface area contributed by atoms with Crippen molar-refractivity contribution in [3.63, 3.8) is 0 Å². The molecule has 0 atom stereocenters. The molecule has 0 amide bonds. The number of methoxy groups -OCH3 is 1. The third kappa shape index (κ3) is 5.51. The molecule has 0 bridgehead atoms. The Morgan fingerprint density at radius 2 is 1.66 bits per heavy atom. The first-order chi connectivity index (χ1) is 18.4. The quantitative estimate of drug-likeness (QED) is 0.203. The molecule has 5 aromatic rings. The van der Waals surface area contributed by atoms with Crippen LogP contribution in [-0.2, 0) is 24.3 Å². The number of para-hydroxylation sites is 2. The molecule has 0 radical (unpaired) electrons. The van der Waals surface area contributed by atoms with Crippen LogP contribution in [0.2, 0.25) is 5.02 Å². The van der Waals surface area contributed by atoms with Crippen molar-refractivity contribution in [2.75, 3.05) is 13.7 Å². The highest BCUT2D eigenvalue weighted by Crippen LogP contribution is 2.27. The Labute approximate surface area is 222 Å². The molecular weight excluding hydrogens is 515 g/mol. The minimum absolute atomic E-state index is 0.0282. The Morgan fingerprint density at radius 3 is 2.42 bits per heavy atom. The zero-order chi connectivity index (χ0) is 26.6. The fourth-order valence-electron chi connectivity index (χ4n) is 4.22. The van der Waals surface area contributed by atoms with E-state index in [9.17, 15) is 4.39 Å². The van der Waals surface area contributed by atoms with Crippen LogP contribution >= 0.6 is 11.6 Å². The van der Waals surface area contributed by atoms with Gasteiger partial charge in [-0.1, -0.05) is 35.9 Å². The maximum absolute atomic E-state index is 15.3. The Kier molecular flexibility index (Phi) is 7.62. The maximum Gasteiger partial charge on any atom is 0.214 e. The van der Waals surface area contributed by atoms with Gasteiger partial charge in [-0.2, -0.15) is 0 Å². The Hall–Kier alpha value is -3.88. The minimum Gasteiger partial charge on any atom is -0.473 e. The van der Waals surface area contributed by atoms with E-state index in [1.165, 1.54) is 24.3 Å². The van der Waals surface area contributed by atoms with E-state index in [0.29, 0.717) is 30.2 Å². The maximum atomic E-state index is 15.3. The molecule has 0 spiro atoms. The zero-order valence-electron chi connectivity index (χ0n) is 20.4. The largest absolute Gasteiger partial charge is 0.473 e. The summed E-state index contributed by atoms with van der Waals surface area (Å²) >= 11 is 5.79. The average molecular weight is 538 g/mol. The highest BCUT2D eigenvalue weighted by atomic mass is 35.5. The van der Waals surface area contributed by atoms with Crippen LogP contribution in [0.25, 0.3) is 22.3 Å². The molecule has 5 nitrogen and oxygen atoms in total. The summed E-state index contributed by atoms with van der Waals surface area (Å²) in [7, 11) is 1.60. The predicted molar refractivity (Wildman–Crippen MR) is 140 cm³/mol. The summed E-state index contributed by atoms with van der Waals surface area (Å²) in [4.78, 5) is 8.95. The third-order valence-corrected chi connectivity index (χ3v) is 6.37. The lowest BCUT2D eigenvalue weighted by Gasteiger charge is -2.12. The van der Waals surface area contributed by atoms with Gasteiger partial charge in [-0.05, 0) is 42.5 Å². The second-order valence-corrected chi connectivity index (χ2v) is 9.08. The second kappa shape index (κ2) is 11.2. The molecule has 0 saturated heterocycles. The Balaban J connectivity index is 1.39. The van der Waals surface area contributed by atoms with Crippen LogP contribution in [0.3, 0.4) is 0 Å². The Bertz CT molecular complexity index is 1580. The first kappa shape index (κ1) is 25.8. The van der Waals surface area contributed by atoms with Crippen molar-refractivity contribution < 1.29 is 22.6 Å². The predicted octanol–water partition coefficient (Wildman–Crippen LogP) is 6.99. The number of rotatable bonds is 9. The third-order valence-electron chi connectivity index (χ3n) is 6.14. The highest BCUT2D eigenvalue weighted by molar-refractivity contribution is 6.30. The summed E-state index contributed by atoms with van der Waals surface area (Å²) in [5.41, 5.74) is 2.40. The van der Waals surface area contributed by atoms with Crippen LogP contribution in [0.1, 0.15) is 17.0 Å². The smallest absolute Gasteiger partial charge is 0.214 e. The van der Waals surface area contributed by atoms with Crippen LogP contribution in [0, 0.1) is 17.5 Å². The van der Waals surface area contributed by atoms with Crippen molar-refractivity contribution in [1.29, 1.82) is 0 Å². The van der Waals surface area contributed by atoms with E-state index in [0.717, 1.165) is 11.0 Å². The molecule has 194 valence electrons. The molecule has 0 aliphatic rings. The SMILES string of the molecule is COCCn1c(Cc2c(F)cc(-c3cccc(OCc4ccc(Cl)cc4F)n3)cc2F)nc2ccccc21. The van der Waals surface area contributed by atoms with Gasteiger partial charge in [0.15, 0.2) is 0 Å². The number of halogens is 4. The normalized spacial score (nSPS) is 11.3. The molecule has 38 heavy (non-hydrogen) atoms. The van der Waals surface area contributed by atoms with Gasteiger partial charge in [0.2, 0.25) is 5.88 Å². The van der Waals surface area contributed by atoms with Crippen molar-refractivity contribution in [2.24, 2.45) is 0 Å². The highest BCUT2D eigenvalue weighted by Gasteiger charge is 2.18. The number of benzene rings is 3. The number of aromatic nitrogens is 3. The van der Waals surface area contributed by atoms with Gasteiger partial charge in [0.05, 0.1) is 23.3 Å². The standard InChI is InChI=1S/C29H23ClF3N3O2/c1-37-12-11-36-27-7-3-2-5-26(27)34-28(36)16-21-23(32)13-19(14-24(21)33)25-6-4-8-29(35-25)38-17-18-9-10-20(30)15-22(18)31/h2-10,13-15H,11-12,16-17H2,1H3. The molecular formula is C29H23ClF3N3O2. The van der Waals surface area contributed by atoms with E-state index in [4.69, 9.17) is 21.1 Å². The van der Waals surface area contributed by atoms with Gasteiger partial charge in [-0.15, -0.1) is 0 Å². The van der Waals surface area contributed by atoms with Crippen molar-refractivity contribution in [3.8, 4) is 17.1 Å². The summed E-state index contributed by atoms with van der Waals surface area (Å²) < 4.78 is 57.3. The van der Waals surface area contributed by atoms with Crippen LogP contribution in [0.15, 0.2) is 72.8 Å². The van der Waals surface area contributed by atoms with Crippen LogP contribution in [0.5, 0.6) is 5.88 Å². The number of hydrogen-bond acceptors (Lipinski definition) is 4. The molecule has 9 heteroatoms. The molecule has 5 rings (SSSR count). The van der Waals surface area contributed by atoms with E-state index in [1.807, 2.05) is 28.8 Å². The molecule has 0 aliphatic carbocycles. The van der Waals surface area contributed by atoms with Gasteiger partial charge >= 0.3 is 0 Å². The summed E-state index contributed by atoms with van der Waals surface area (Å²) in [6.45, 7) is 0.863. The van der Waals surface area contributed by atoms with E-state index in [1.54, 1.807) is 31.4 Å². The van der Waals surface area contributed by atoms with Gasteiger partial charge in [0, 0.05) is 47.9 Å². The molecule has 0 N–H and O–H groups in total. The summed E-state index contributed by atoms with van der Waals surface area (Å²) in [5.74, 6) is -1.18. The second-order valence-electron chi connectivity index (χ2n) is 8.64. The van der Waals surface area contributed by atoms with Gasteiger partial charge in [-0.25, -0.2) is 23.1 Å². The lowest BCUT2D eigenvalue weighted by molar-refractivity contribution is 0.187.